The van der Waals surface area contributed by atoms with Crippen LogP contribution in [0.1, 0.15) is 36.7 Å². The summed E-state index contributed by atoms with van der Waals surface area (Å²) in [5.74, 6) is -0.635. The summed E-state index contributed by atoms with van der Waals surface area (Å²) in [5.41, 5.74) is 1.66. The highest BCUT2D eigenvalue weighted by Crippen LogP contribution is 2.34. The first-order chi connectivity index (χ1) is 11.6. The van der Waals surface area contributed by atoms with Crippen molar-refractivity contribution in [3.8, 4) is 0 Å². The second kappa shape index (κ2) is 7.43. The van der Waals surface area contributed by atoms with Crippen LogP contribution in [0.2, 0.25) is 0 Å². The van der Waals surface area contributed by atoms with Gasteiger partial charge in [-0.1, -0.05) is 13.8 Å². The van der Waals surface area contributed by atoms with Gasteiger partial charge in [0.1, 0.15) is 0 Å². The number of benzene rings is 1. The third-order valence-electron chi connectivity index (χ3n) is 3.87. The summed E-state index contributed by atoms with van der Waals surface area (Å²) < 4.78 is 30.2. The fourth-order valence-electron chi connectivity index (χ4n) is 2.82. The topological polar surface area (TPSA) is 92.8 Å². The second-order valence-corrected chi connectivity index (χ2v) is 8.59. The first kappa shape index (κ1) is 19.2. The molecular weight excluding hydrogens is 344 g/mol. The van der Waals surface area contributed by atoms with Gasteiger partial charge in [0.2, 0.25) is 10.0 Å². The third-order valence-corrected chi connectivity index (χ3v) is 5.14. The highest BCUT2D eigenvalue weighted by molar-refractivity contribution is 7.92. The van der Waals surface area contributed by atoms with Crippen molar-refractivity contribution >= 4 is 27.6 Å². The van der Waals surface area contributed by atoms with Gasteiger partial charge in [0.15, 0.2) is 6.61 Å². The molecule has 2 rings (SSSR count). The number of amides is 1. The molecule has 1 atom stereocenters. The van der Waals surface area contributed by atoms with Crippen LogP contribution in [-0.2, 0) is 26.0 Å². The molecular formula is C17H24N2O5S. The number of anilines is 1. The van der Waals surface area contributed by atoms with Crippen molar-refractivity contribution in [2.45, 2.75) is 33.2 Å². The van der Waals surface area contributed by atoms with Gasteiger partial charge >= 0.3 is 5.97 Å². The Bertz CT molecular complexity index is 773. The van der Waals surface area contributed by atoms with Gasteiger partial charge in [-0.15, -0.1) is 0 Å². The molecule has 0 aliphatic carbocycles. The number of nitrogens with zero attached hydrogens (tertiary/aromatic N) is 1. The molecule has 1 amide bonds. The van der Waals surface area contributed by atoms with Crippen LogP contribution in [0.3, 0.4) is 0 Å². The number of hydrogen-bond donors (Lipinski definition) is 1. The number of rotatable bonds is 6. The van der Waals surface area contributed by atoms with E-state index in [0.29, 0.717) is 30.1 Å². The van der Waals surface area contributed by atoms with E-state index in [1.165, 1.54) is 10.4 Å². The second-order valence-electron chi connectivity index (χ2n) is 6.73. The first-order valence-corrected chi connectivity index (χ1v) is 10.0. The average molecular weight is 368 g/mol. The Morgan fingerprint density at radius 1 is 1.36 bits per heavy atom. The monoisotopic (exact) mass is 368 g/mol. The number of sulfonamides is 1. The predicted molar refractivity (Wildman–Crippen MR) is 95.1 cm³/mol. The maximum atomic E-state index is 12.1. The van der Waals surface area contributed by atoms with Crippen LogP contribution < -0.4 is 9.62 Å². The minimum Gasteiger partial charge on any atom is -0.452 e. The number of hydrogen-bond acceptors (Lipinski definition) is 5. The van der Waals surface area contributed by atoms with Crippen LogP contribution in [-0.4, -0.2) is 45.7 Å². The molecule has 1 N–H and O–H groups in total. The Hall–Kier alpha value is -2.09. The van der Waals surface area contributed by atoms with E-state index in [1.54, 1.807) is 12.1 Å². The lowest BCUT2D eigenvalue weighted by atomic mass is 10.1. The molecule has 1 aliphatic rings. The van der Waals surface area contributed by atoms with E-state index >= 15 is 0 Å². The Labute approximate surface area is 148 Å². The first-order valence-electron chi connectivity index (χ1n) is 8.15. The molecule has 0 spiro atoms. The van der Waals surface area contributed by atoms with E-state index in [1.807, 2.05) is 20.8 Å². The molecule has 0 aromatic heterocycles. The van der Waals surface area contributed by atoms with Crippen LogP contribution in [0.15, 0.2) is 18.2 Å². The molecule has 0 radical (unpaired) electrons. The predicted octanol–water partition coefficient (Wildman–Crippen LogP) is 1.33. The zero-order valence-electron chi connectivity index (χ0n) is 14.9. The summed E-state index contributed by atoms with van der Waals surface area (Å²) in [6.45, 7) is 5.94. The standard InChI is InChI=1S/C17H24N2O5S/c1-11(2)9-18-16(20)10-24-17(21)13-5-6-15-14(8-13)7-12(3)19(15)25(4,22)23/h5-6,8,11-12H,7,9-10H2,1-4H3,(H,18,20)/t12-/m0/s1. The van der Waals surface area contributed by atoms with E-state index in [2.05, 4.69) is 5.32 Å². The molecule has 7 nitrogen and oxygen atoms in total. The van der Waals surface area contributed by atoms with Crippen molar-refractivity contribution in [2.24, 2.45) is 5.92 Å². The van der Waals surface area contributed by atoms with E-state index in [9.17, 15) is 18.0 Å². The lowest BCUT2D eigenvalue weighted by molar-refractivity contribution is -0.124. The summed E-state index contributed by atoms with van der Waals surface area (Å²) >= 11 is 0. The van der Waals surface area contributed by atoms with Gasteiger partial charge in [-0.2, -0.15) is 0 Å². The summed E-state index contributed by atoms with van der Waals surface area (Å²) in [7, 11) is -3.37. The van der Waals surface area contributed by atoms with Gasteiger partial charge in [-0.3, -0.25) is 9.10 Å². The molecule has 8 heteroatoms. The van der Waals surface area contributed by atoms with Gasteiger partial charge in [0, 0.05) is 12.6 Å². The van der Waals surface area contributed by atoms with Crippen LogP contribution in [0.25, 0.3) is 0 Å². The average Bonchev–Trinajstić information content (AvgIpc) is 2.85. The smallest absolute Gasteiger partial charge is 0.338 e. The van der Waals surface area contributed by atoms with Gasteiger partial charge < -0.3 is 10.1 Å². The Morgan fingerprint density at radius 2 is 2.04 bits per heavy atom. The minimum atomic E-state index is -3.37. The van der Waals surface area contributed by atoms with Crippen molar-refractivity contribution in [2.75, 3.05) is 23.7 Å². The minimum absolute atomic E-state index is 0.196. The quantitative estimate of drug-likeness (QED) is 0.765. The largest absolute Gasteiger partial charge is 0.452 e. The van der Waals surface area contributed by atoms with Crippen LogP contribution in [0.5, 0.6) is 0 Å². The number of carbonyl (C=O) groups excluding carboxylic acids is 2. The molecule has 0 bridgehead atoms. The molecule has 0 saturated heterocycles. The van der Waals surface area contributed by atoms with Gasteiger partial charge in [0.25, 0.3) is 5.91 Å². The number of esters is 1. The van der Waals surface area contributed by atoms with Crippen LogP contribution in [0, 0.1) is 5.92 Å². The highest BCUT2D eigenvalue weighted by atomic mass is 32.2. The molecule has 1 aromatic rings. The highest BCUT2D eigenvalue weighted by Gasteiger charge is 2.32. The molecule has 0 fully saturated rings. The number of fused-ring (bicyclic) bond motifs is 1. The van der Waals surface area contributed by atoms with E-state index in [-0.39, 0.29) is 18.6 Å². The maximum absolute atomic E-state index is 12.1. The lowest BCUT2D eigenvalue weighted by Crippen LogP contribution is -2.34. The van der Waals surface area contributed by atoms with Gasteiger partial charge in [0.05, 0.1) is 17.5 Å². The fourth-order valence-corrected chi connectivity index (χ4v) is 4.08. The van der Waals surface area contributed by atoms with Crippen molar-refractivity contribution in [3.63, 3.8) is 0 Å². The van der Waals surface area contributed by atoms with Crippen molar-refractivity contribution in [1.29, 1.82) is 0 Å². The van der Waals surface area contributed by atoms with Gasteiger partial charge in [-0.25, -0.2) is 13.2 Å². The van der Waals surface area contributed by atoms with Crippen molar-refractivity contribution in [3.05, 3.63) is 29.3 Å². The Kier molecular flexibility index (Phi) is 5.72. The van der Waals surface area contributed by atoms with Crippen molar-refractivity contribution < 1.29 is 22.7 Å². The molecule has 0 saturated carbocycles. The Morgan fingerprint density at radius 3 is 2.64 bits per heavy atom. The molecule has 25 heavy (non-hydrogen) atoms. The normalized spacial score (nSPS) is 16.7. The molecule has 1 aliphatic heterocycles. The number of ether oxygens (including phenoxy) is 1. The summed E-state index contributed by atoms with van der Waals surface area (Å²) in [5, 5.41) is 2.67. The Balaban J connectivity index is 2.04. The van der Waals surface area contributed by atoms with E-state index in [4.69, 9.17) is 4.74 Å². The number of carbonyl (C=O) groups is 2. The zero-order valence-corrected chi connectivity index (χ0v) is 15.7. The summed E-state index contributed by atoms with van der Waals surface area (Å²) in [4.78, 5) is 23.7. The fraction of sp³-hybridized carbons (Fsp3) is 0.529. The van der Waals surface area contributed by atoms with Crippen molar-refractivity contribution in [1.82, 2.24) is 5.32 Å². The van der Waals surface area contributed by atoms with Gasteiger partial charge in [-0.05, 0) is 43.0 Å². The summed E-state index contributed by atoms with van der Waals surface area (Å²) in [6.07, 6.45) is 1.69. The lowest BCUT2D eigenvalue weighted by Gasteiger charge is -2.21. The SMILES string of the molecule is CC(C)CNC(=O)COC(=O)c1ccc2c(c1)C[C@H](C)N2S(C)(=O)=O. The molecule has 1 heterocycles. The molecule has 1 aromatic carbocycles. The molecule has 138 valence electrons. The van der Waals surface area contributed by atoms with E-state index in [0.717, 1.165) is 11.8 Å². The molecule has 0 unspecified atom stereocenters. The summed E-state index contributed by atoms with van der Waals surface area (Å²) in [6, 6.07) is 4.56. The third kappa shape index (κ3) is 4.72. The maximum Gasteiger partial charge on any atom is 0.338 e. The zero-order chi connectivity index (χ0) is 18.8. The van der Waals surface area contributed by atoms with Crippen LogP contribution >= 0.6 is 0 Å². The van der Waals surface area contributed by atoms with E-state index < -0.39 is 16.0 Å². The number of nitrogens with one attached hydrogen (secondary N) is 1. The van der Waals surface area contributed by atoms with Crippen LogP contribution in [0.4, 0.5) is 5.69 Å².